The van der Waals surface area contributed by atoms with Gasteiger partial charge in [-0.05, 0) is 24.4 Å². The maximum Gasteiger partial charge on any atom is 0.369 e. The zero-order chi connectivity index (χ0) is 13.7. The molecule has 0 saturated carbocycles. The number of nitrogens with one attached hydrogen (secondary N) is 2. The van der Waals surface area contributed by atoms with E-state index >= 15 is 0 Å². The number of amides is 2. The lowest BCUT2D eigenvalue weighted by Gasteiger charge is -1.96. The summed E-state index contributed by atoms with van der Waals surface area (Å²) in [6.07, 6.45) is 0.964. The monoisotopic (exact) mass is 278 g/mol. The number of carbonyl (C=O) groups excluding carboxylic acids is 1. The summed E-state index contributed by atoms with van der Waals surface area (Å²) >= 11 is 1.28. The van der Waals surface area contributed by atoms with Gasteiger partial charge in [-0.15, -0.1) is 5.11 Å². The summed E-state index contributed by atoms with van der Waals surface area (Å²) in [6.45, 7) is 2.02. The van der Waals surface area contributed by atoms with Crippen LogP contribution in [0.5, 0.6) is 5.88 Å². The van der Waals surface area contributed by atoms with E-state index in [0.29, 0.717) is 0 Å². The smallest absolute Gasteiger partial charge is 0.369 e. The second-order valence-corrected chi connectivity index (χ2v) is 4.72. The van der Waals surface area contributed by atoms with Crippen molar-refractivity contribution >= 4 is 34.6 Å². The van der Waals surface area contributed by atoms with Gasteiger partial charge in [-0.3, -0.25) is 4.72 Å². The van der Waals surface area contributed by atoms with E-state index in [2.05, 4.69) is 19.9 Å². The van der Waals surface area contributed by atoms with Gasteiger partial charge in [0, 0.05) is 11.1 Å². The van der Waals surface area contributed by atoms with Crippen molar-refractivity contribution in [3.63, 3.8) is 0 Å². The molecule has 0 spiro atoms. The number of benzene rings is 1. The van der Waals surface area contributed by atoms with Gasteiger partial charge in [-0.25, -0.2) is 4.79 Å². The van der Waals surface area contributed by atoms with E-state index in [1.165, 1.54) is 11.9 Å². The lowest BCUT2D eigenvalue weighted by molar-refractivity contribution is 0.253. The molecule has 0 bridgehead atoms. The summed E-state index contributed by atoms with van der Waals surface area (Å²) in [5.41, 5.74) is 1.01. The van der Waals surface area contributed by atoms with Crippen molar-refractivity contribution in [3.8, 4) is 5.88 Å². The summed E-state index contributed by atoms with van der Waals surface area (Å²) < 4.78 is 2.54. The van der Waals surface area contributed by atoms with Crippen LogP contribution in [0.1, 0.15) is 13.3 Å². The molecule has 2 aromatic rings. The molecule has 0 fully saturated rings. The number of aromatic nitrogens is 1. The van der Waals surface area contributed by atoms with Crippen molar-refractivity contribution in [2.45, 2.75) is 13.3 Å². The molecule has 6 nitrogen and oxygen atoms in total. The SMILES string of the molecule is CCCSNC(=O)N=Nc1c(O)[nH]c2ccccc12. The Labute approximate surface area is 114 Å². The van der Waals surface area contributed by atoms with E-state index in [-0.39, 0.29) is 11.6 Å². The number of H-pyrrole nitrogens is 1. The lowest BCUT2D eigenvalue weighted by Crippen LogP contribution is -2.10. The Balaban J connectivity index is 2.12. The number of nitrogens with zero attached hydrogens (tertiary/aromatic N) is 2. The Morgan fingerprint density at radius 2 is 2.26 bits per heavy atom. The summed E-state index contributed by atoms with van der Waals surface area (Å²) in [5, 5.41) is 17.7. The van der Waals surface area contributed by atoms with Crippen molar-refractivity contribution in [1.82, 2.24) is 9.71 Å². The first kappa shape index (κ1) is 13.4. The molecule has 1 heterocycles. The predicted molar refractivity (Wildman–Crippen MR) is 75.8 cm³/mol. The summed E-state index contributed by atoms with van der Waals surface area (Å²) in [4.78, 5) is 14.1. The zero-order valence-electron chi connectivity index (χ0n) is 10.4. The number of aromatic amines is 1. The van der Waals surface area contributed by atoms with Gasteiger partial charge in [-0.2, -0.15) is 0 Å². The van der Waals surface area contributed by atoms with Crippen molar-refractivity contribution < 1.29 is 9.90 Å². The average Bonchev–Trinajstić information content (AvgIpc) is 2.72. The van der Waals surface area contributed by atoms with Crippen LogP contribution < -0.4 is 4.72 Å². The third-order valence-electron chi connectivity index (χ3n) is 2.37. The zero-order valence-corrected chi connectivity index (χ0v) is 11.2. The lowest BCUT2D eigenvalue weighted by atomic mass is 10.2. The molecule has 0 atom stereocenters. The second kappa shape index (κ2) is 6.24. The van der Waals surface area contributed by atoms with Crippen LogP contribution in [0.15, 0.2) is 34.5 Å². The molecule has 0 unspecified atom stereocenters. The highest BCUT2D eigenvalue weighted by atomic mass is 32.2. The van der Waals surface area contributed by atoms with Crippen LogP contribution in [0.3, 0.4) is 0 Å². The van der Waals surface area contributed by atoms with E-state index in [1.807, 2.05) is 25.1 Å². The predicted octanol–water partition coefficient (Wildman–Crippen LogP) is 3.73. The largest absolute Gasteiger partial charge is 0.493 e. The molecule has 0 saturated heterocycles. The number of para-hydroxylation sites is 1. The molecule has 3 N–H and O–H groups in total. The first-order valence-corrected chi connectivity index (χ1v) is 6.84. The number of hydrogen-bond acceptors (Lipinski definition) is 4. The van der Waals surface area contributed by atoms with Crippen LogP contribution in [-0.2, 0) is 0 Å². The fourth-order valence-corrected chi connectivity index (χ4v) is 2.02. The summed E-state index contributed by atoms with van der Waals surface area (Å²) in [5.74, 6) is 0.721. The van der Waals surface area contributed by atoms with Crippen LogP contribution in [0.25, 0.3) is 10.9 Å². The molecule has 1 aromatic carbocycles. The third-order valence-corrected chi connectivity index (χ3v) is 3.30. The van der Waals surface area contributed by atoms with Crippen LogP contribution in [0, 0.1) is 0 Å². The molecule has 7 heteroatoms. The number of carbonyl (C=O) groups is 1. The van der Waals surface area contributed by atoms with Crippen LogP contribution >= 0.6 is 11.9 Å². The van der Waals surface area contributed by atoms with Crippen molar-refractivity contribution in [1.29, 1.82) is 0 Å². The maximum absolute atomic E-state index is 11.4. The van der Waals surface area contributed by atoms with Crippen LogP contribution in [0.2, 0.25) is 0 Å². The van der Waals surface area contributed by atoms with Crippen LogP contribution in [-0.4, -0.2) is 21.9 Å². The normalized spacial score (nSPS) is 11.2. The quantitative estimate of drug-likeness (QED) is 0.452. The molecule has 2 amide bonds. The first-order valence-electron chi connectivity index (χ1n) is 5.85. The number of rotatable bonds is 4. The highest BCUT2D eigenvalue weighted by molar-refractivity contribution is 7.97. The molecule has 1 aromatic heterocycles. The van der Waals surface area contributed by atoms with Crippen molar-refractivity contribution in [2.24, 2.45) is 10.2 Å². The highest BCUT2D eigenvalue weighted by Crippen LogP contribution is 2.35. The van der Waals surface area contributed by atoms with Gasteiger partial charge < -0.3 is 10.1 Å². The van der Waals surface area contributed by atoms with E-state index in [1.54, 1.807) is 6.07 Å². The second-order valence-electron chi connectivity index (χ2n) is 3.82. The summed E-state index contributed by atoms with van der Waals surface area (Å²) in [6, 6.07) is 6.73. The first-order chi connectivity index (χ1) is 9.22. The standard InChI is InChI=1S/C12H14N4O2S/c1-2-7-19-16-12(18)15-14-10-8-5-3-4-6-9(8)13-11(10)17/h3-6,13,17H,2,7H2,1H3,(H,16,18). The topological polar surface area (TPSA) is 89.8 Å². The van der Waals surface area contributed by atoms with E-state index in [4.69, 9.17) is 0 Å². The van der Waals surface area contributed by atoms with Gasteiger partial charge >= 0.3 is 6.03 Å². The molecular weight excluding hydrogens is 264 g/mol. The molecule has 2 rings (SSSR count). The number of azo groups is 1. The van der Waals surface area contributed by atoms with Gasteiger partial charge in [-0.1, -0.05) is 30.2 Å². The number of fused-ring (bicyclic) bond motifs is 1. The van der Waals surface area contributed by atoms with Crippen molar-refractivity contribution in [3.05, 3.63) is 24.3 Å². The maximum atomic E-state index is 11.4. The van der Waals surface area contributed by atoms with Gasteiger partial charge in [0.1, 0.15) is 0 Å². The Hall–Kier alpha value is -2.02. The van der Waals surface area contributed by atoms with Gasteiger partial charge in [0.15, 0.2) is 5.69 Å². The minimum absolute atomic E-state index is 0.0982. The fourth-order valence-electron chi connectivity index (χ4n) is 1.54. The van der Waals surface area contributed by atoms with Gasteiger partial charge in [0.2, 0.25) is 5.88 Å². The Kier molecular flexibility index (Phi) is 4.40. The number of hydrogen-bond donors (Lipinski definition) is 3. The molecule has 0 aliphatic carbocycles. The molecular formula is C12H14N4O2S. The minimum atomic E-state index is -0.539. The third kappa shape index (κ3) is 3.25. The summed E-state index contributed by atoms with van der Waals surface area (Å²) in [7, 11) is 0. The Morgan fingerprint density at radius 3 is 3.05 bits per heavy atom. The number of urea groups is 1. The highest BCUT2D eigenvalue weighted by Gasteiger charge is 2.09. The molecule has 0 aliphatic rings. The van der Waals surface area contributed by atoms with E-state index < -0.39 is 6.03 Å². The Bertz CT molecular complexity index is 609. The van der Waals surface area contributed by atoms with Gasteiger partial charge in [0.05, 0.1) is 5.52 Å². The fraction of sp³-hybridized carbons (Fsp3) is 0.250. The molecule has 0 radical (unpaired) electrons. The van der Waals surface area contributed by atoms with E-state index in [9.17, 15) is 9.90 Å². The molecule has 100 valence electrons. The number of aromatic hydroxyl groups is 1. The van der Waals surface area contributed by atoms with Crippen molar-refractivity contribution in [2.75, 3.05) is 5.75 Å². The molecule has 19 heavy (non-hydrogen) atoms. The minimum Gasteiger partial charge on any atom is -0.493 e. The molecule has 0 aliphatic heterocycles. The average molecular weight is 278 g/mol. The Morgan fingerprint density at radius 1 is 1.47 bits per heavy atom. The van der Waals surface area contributed by atoms with Gasteiger partial charge in [0.25, 0.3) is 0 Å². The van der Waals surface area contributed by atoms with E-state index in [0.717, 1.165) is 23.1 Å². The van der Waals surface area contributed by atoms with Crippen LogP contribution in [0.4, 0.5) is 10.5 Å².